The number of carbonyl (C=O) groups excluding carboxylic acids is 1. The molecule has 1 aliphatic heterocycles. The zero-order valence-corrected chi connectivity index (χ0v) is 17.8. The third kappa shape index (κ3) is 3.82. The Morgan fingerprint density at radius 1 is 1.14 bits per heavy atom. The van der Waals surface area contributed by atoms with Crippen molar-refractivity contribution in [3.8, 4) is 5.88 Å². The topological polar surface area (TPSA) is 58.6 Å². The zero-order valence-electron chi connectivity index (χ0n) is 17.8. The maximum absolute atomic E-state index is 13.3. The highest BCUT2D eigenvalue weighted by Gasteiger charge is 2.51. The molecule has 29 heavy (non-hydrogen) atoms. The summed E-state index contributed by atoms with van der Waals surface area (Å²) in [6, 6.07) is 0. The Bertz CT molecular complexity index is 730. The van der Waals surface area contributed by atoms with Crippen LogP contribution in [0.1, 0.15) is 57.8 Å². The molecule has 1 saturated heterocycles. The summed E-state index contributed by atoms with van der Waals surface area (Å²) < 4.78 is 6.21. The Balaban J connectivity index is 1.23. The van der Waals surface area contributed by atoms with Gasteiger partial charge >= 0.3 is 0 Å². The van der Waals surface area contributed by atoms with E-state index in [1.54, 1.807) is 12.4 Å². The quantitative estimate of drug-likeness (QED) is 0.760. The van der Waals surface area contributed by atoms with Gasteiger partial charge in [-0.2, -0.15) is 0 Å². The van der Waals surface area contributed by atoms with E-state index in [1.807, 2.05) is 19.0 Å². The number of hydrogen-bond acceptors (Lipinski definition) is 5. The van der Waals surface area contributed by atoms with Gasteiger partial charge in [0.25, 0.3) is 5.88 Å². The molecular weight excluding hydrogens is 364 g/mol. The molecule has 4 aliphatic carbocycles. The molecule has 6 nitrogen and oxygen atoms in total. The monoisotopic (exact) mass is 398 g/mol. The first-order valence-corrected chi connectivity index (χ1v) is 11.4. The molecule has 2 heterocycles. The number of carbonyl (C=O) groups is 1. The van der Waals surface area contributed by atoms with Crippen LogP contribution >= 0.6 is 0 Å². The maximum atomic E-state index is 13.3. The van der Waals surface area contributed by atoms with Gasteiger partial charge in [0.1, 0.15) is 6.10 Å². The minimum Gasteiger partial charge on any atom is -0.470 e. The fourth-order valence-electron chi connectivity index (χ4n) is 7.07. The van der Waals surface area contributed by atoms with Crippen molar-refractivity contribution < 1.29 is 9.53 Å². The second-order valence-corrected chi connectivity index (χ2v) is 10.4. The summed E-state index contributed by atoms with van der Waals surface area (Å²) in [4.78, 5) is 26.0. The Kier molecular flexibility index (Phi) is 4.91. The summed E-state index contributed by atoms with van der Waals surface area (Å²) in [5.74, 6) is 4.35. The first-order chi connectivity index (χ1) is 14.0. The molecule has 6 rings (SSSR count). The van der Waals surface area contributed by atoms with Gasteiger partial charge in [-0.1, -0.05) is 0 Å². The van der Waals surface area contributed by atoms with E-state index < -0.39 is 0 Å². The molecule has 1 aromatic heterocycles. The van der Waals surface area contributed by atoms with Crippen molar-refractivity contribution in [1.82, 2.24) is 14.9 Å². The molecule has 1 atom stereocenters. The fourth-order valence-corrected chi connectivity index (χ4v) is 7.07. The Morgan fingerprint density at radius 2 is 1.79 bits per heavy atom. The summed E-state index contributed by atoms with van der Waals surface area (Å²) in [5.41, 5.74) is 0.308. The van der Waals surface area contributed by atoms with E-state index in [2.05, 4.69) is 14.9 Å². The molecule has 1 unspecified atom stereocenters. The van der Waals surface area contributed by atoms with Gasteiger partial charge in [0.2, 0.25) is 5.91 Å². The molecule has 5 aliphatic rings. The highest BCUT2D eigenvalue weighted by molar-refractivity contribution is 5.77. The summed E-state index contributed by atoms with van der Waals surface area (Å²) in [5, 5.41) is 0. The smallest absolute Gasteiger partial charge is 0.257 e. The largest absolute Gasteiger partial charge is 0.470 e. The van der Waals surface area contributed by atoms with Crippen molar-refractivity contribution >= 4 is 11.7 Å². The van der Waals surface area contributed by atoms with Crippen LogP contribution in [-0.2, 0) is 4.79 Å². The minimum atomic E-state index is -0.000497. The van der Waals surface area contributed by atoms with Crippen LogP contribution in [0.3, 0.4) is 0 Å². The van der Waals surface area contributed by atoms with Gasteiger partial charge < -0.3 is 14.5 Å². The lowest BCUT2D eigenvalue weighted by Gasteiger charge is -2.57. The normalized spacial score (nSPS) is 35.6. The van der Waals surface area contributed by atoms with Gasteiger partial charge in [0.15, 0.2) is 5.82 Å². The van der Waals surface area contributed by atoms with Gasteiger partial charge in [0, 0.05) is 39.5 Å². The lowest BCUT2D eigenvalue weighted by Crippen LogP contribution is -2.50. The summed E-state index contributed by atoms with van der Waals surface area (Å²) in [6.07, 6.45) is 14.2. The lowest BCUT2D eigenvalue weighted by atomic mass is 9.49. The van der Waals surface area contributed by atoms with Crippen LogP contribution in [0.4, 0.5) is 5.82 Å². The third-order valence-corrected chi connectivity index (χ3v) is 7.77. The molecule has 4 saturated carbocycles. The maximum Gasteiger partial charge on any atom is 0.257 e. The lowest BCUT2D eigenvalue weighted by molar-refractivity contribution is -0.142. The number of nitrogens with zero attached hydrogens (tertiary/aromatic N) is 4. The van der Waals surface area contributed by atoms with Crippen LogP contribution in [0.25, 0.3) is 0 Å². The van der Waals surface area contributed by atoms with Crippen LogP contribution < -0.4 is 9.64 Å². The van der Waals surface area contributed by atoms with E-state index in [0.717, 1.165) is 49.4 Å². The van der Waals surface area contributed by atoms with Gasteiger partial charge in [-0.25, -0.2) is 9.97 Å². The third-order valence-electron chi connectivity index (χ3n) is 7.77. The van der Waals surface area contributed by atoms with E-state index in [9.17, 15) is 4.79 Å². The van der Waals surface area contributed by atoms with Crippen LogP contribution in [0.15, 0.2) is 12.4 Å². The molecule has 0 radical (unpaired) electrons. The predicted octanol–water partition coefficient (Wildman–Crippen LogP) is 3.52. The second kappa shape index (κ2) is 7.44. The molecule has 0 aromatic carbocycles. The van der Waals surface area contributed by atoms with E-state index in [1.165, 1.54) is 38.5 Å². The SMILES string of the molecule is CN(C)c1nccnc1OC1CCCN(C(=O)CC23CC4CC(CC(C4)C2)C3)C1. The fraction of sp³-hybridized carbons (Fsp3) is 0.783. The van der Waals surface area contributed by atoms with Gasteiger partial charge in [0.05, 0.1) is 6.54 Å². The van der Waals surface area contributed by atoms with Crippen LogP contribution in [0, 0.1) is 23.2 Å². The van der Waals surface area contributed by atoms with Crippen molar-refractivity contribution in [2.24, 2.45) is 23.2 Å². The molecule has 0 N–H and O–H groups in total. The number of hydrogen-bond donors (Lipinski definition) is 0. The van der Waals surface area contributed by atoms with E-state index in [-0.39, 0.29) is 6.10 Å². The average molecular weight is 399 g/mol. The number of amides is 1. The number of piperidine rings is 1. The van der Waals surface area contributed by atoms with Crippen molar-refractivity contribution in [2.75, 3.05) is 32.1 Å². The molecule has 6 heteroatoms. The highest BCUT2D eigenvalue weighted by Crippen LogP contribution is 2.61. The zero-order chi connectivity index (χ0) is 20.0. The molecule has 158 valence electrons. The van der Waals surface area contributed by atoms with Crippen LogP contribution in [0.5, 0.6) is 5.88 Å². The molecule has 0 spiro atoms. The Morgan fingerprint density at radius 3 is 2.45 bits per heavy atom. The van der Waals surface area contributed by atoms with Crippen molar-refractivity contribution in [3.63, 3.8) is 0 Å². The predicted molar refractivity (Wildman–Crippen MR) is 112 cm³/mol. The number of aromatic nitrogens is 2. The van der Waals surface area contributed by atoms with Gasteiger partial charge in [-0.15, -0.1) is 0 Å². The standard InChI is InChI=1S/C23H34N4O2/c1-26(2)21-22(25-6-5-24-21)29-19-4-3-7-27(15-19)20(28)14-23-11-16-8-17(12-23)10-18(9-16)13-23/h5-6,16-19H,3-4,7-15H2,1-2H3. The molecule has 1 amide bonds. The number of ether oxygens (including phenoxy) is 1. The Hall–Kier alpha value is -1.85. The molecule has 4 bridgehead atoms. The molecule has 5 fully saturated rings. The number of anilines is 1. The number of likely N-dealkylation sites (tertiary alicyclic amines) is 1. The molecule has 1 aromatic rings. The summed E-state index contributed by atoms with van der Waals surface area (Å²) >= 11 is 0. The van der Waals surface area contributed by atoms with Crippen molar-refractivity contribution in [2.45, 2.75) is 63.9 Å². The Labute approximate surface area is 174 Å². The van der Waals surface area contributed by atoms with E-state index in [4.69, 9.17) is 4.74 Å². The van der Waals surface area contributed by atoms with Crippen LogP contribution in [0.2, 0.25) is 0 Å². The average Bonchev–Trinajstić information content (AvgIpc) is 2.67. The highest BCUT2D eigenvalue weighted by atomic mass is 16.5. The van der Waals surface area contributed by atoms with Gasteiger partial charge in [-0.05, 0) is 74.5 Å². The van der Waals surface area contributed by atoms with Crippen molar-refractivity contribution in [1.29, 1.82) is 0 Å². The van der Waals surface area contributed by atoms with E-state index >= 15 is 0 Å². The van der Waals surface area contributed by atoms with Crippen LogP contribution in [-0.4, -0.2) is 54.1 Å². The minimum absolute atomic E-state index is 0.000497. The van der Waals surface area contributed by atoms with E-state index in [0.29, 0.717) is 23.7 Å². The summed E-state index contributed by atoms with van der Waals surface area (Å²) in [6.45, 7) is 1.54. The van der Waals surface area contributed by atoms with Crippen molar-refractivity contribution in [3.05, 3.63) is 12.4 Å². The first kappa shape index (κ1) is 19.1. The number of rotatable bonds is 5. The first-order valence-electron chi connectivity index (χ1n) is 11.4. The summed E-state index contributed by atoms with van der Waals surface area (Å²) in [7, 11) is 3.89. The van der Waals surface area contributed by atoms with Gasteiger partial charge in [-0.3, -0.25) is 4.79 Å². The molecular formula is C23H34N4O2. The second-order valence-electron chi connectivity index (χ2n) is 10.4.